The van der Waals surface area contributed by atoms with E-state index in [1.54, 1.807) is 0 Å². The van der Waals surface area contributed by atoms with Crippen LogP contribution >= 0.6 is 11.6 Å². The Balaban J connectivity index is 1.85. The number of halogens is 5. The standard InChI is InChI=1S/C20H14ClF4N3/c21-13-6-7-17-16(10-13)19(20(23,24)25,9-8-12-4-5-12)28-18(27-17)26-15-3-1-2-14(22)11-15/h1-3,6-7,10-12H,4-5H2,(H2,26,27,28). The molecule has 28 heavy (non-hydrogen) atoms. The van der Waals surface area contributed by atoms with E-state index in [1.165, 1.54) is 36.4 Å². The van der Waals surface area contributed by atoms with Crippen molar-refractivity contribution in [2.75, 3.05) is 10.6 Å². The molecule has 1 saturated carbocycles. The lowest BCUT2D eigenvalue weighted by atomic mass is 9.87. The Morgan fingerprint density at radius 1 is 1.18 bits per heavy atom. The van der Waals surface area contributed by atoms with Gasteiger partial charge in [-0.15, -0.1) is 0 Å². The molecule has 1 aliphatic carbocycles. The molecule has 144 valence electrons. The van der Waals surface area contributed by atoms with Crippen LogP contribution in [0.5, 0.6) is 0 Å². The highest BCUT2D eigenvalue weighted by atomic mass is 35.5. The summed E-state index contributed by atoms with van der Waals surface area (Å²) in [5, 5.41) is 5.67. The number of alkyl halides is 3. The van der Waals surface area contributed by atoms with Gasteiger partial charge in [-0.1, -0.05) is 29.5 Å². The Morgan fingerprint density at radius 3 is 2.64 bits per heavy atom. The van der Waals surface area contributed by atoms with E-state index < -0.39 is 17.5 Å². The molecule has 1 aliphatic heterocycles. The summed E-state index contributed by atoms with van der Waals surface area (Å²) < 4.78 is 56.3. The second-order valence-corrected chi connectivity index (χ2v) is 7.10. The third-order valence-corrected chi connectivity index (χ3v) is 4.67. The van der Waals surface area contributed by atoms with Gasteiger partial charge in [-0.25, -0.2) is 9.38 Å². The van der Waals surface area contributed by atoms with E-state index in [-0.39, 0.29) is 33.8 Å². The zero-order valence-corrected chi connectivity index (χ0v) is 15.1. The number of guanidine groups is 1. The zero-order chi connectivity index (χ0) is 19.9. The van der Waals surface area contributed by atoms with E-state index in [0.717, 1.165) is 18.9 Å². The Kier molecular flexibility index (Phi) is 4.47. The summed E-state index contributed by atoms with van der Waals surface area (Å²) in [6.07, 6.45) is -3.23. The fourth-order valence-corrected chi connectivity index (χ4v) is 3.06. The normalized spacial score (nSPS) is 21.0. The molecule has 2 aromatic rings. The largest absolute Gasteiger partial charge is 0.429 e. The van der Waals surface area contributed by atoms with Crippen LogP contribution in [-0.2, 0) is 5.54 Å². The summed E-state index contributed by atoms with van der Waals surface area (Å²) in [6.45, 7) is 0. The van der Waals surface area contributed by atoms with Crippen LogP contribution in [0.2, 0.25) is 5.02 Å². The van der Waals surface area contributed by atoms with Gasteiger partial charge in [-0.3, -0.25) is 0 Å². The van der Waals surface area contributed by atoms with Crippen molar-refractivity contribution in [1.29, 1.82) is 0 Å². The van der Waals surface area contributed by atoms with Crippen LogP contribution in [0, 0.1) is 23.6 Å². The van der Waals surface area contributed by atoms with E-state index in [4.69, 9.17) is 11.6 Å². The predicted octanol–water partition coefficient (Wildman–Crippen LogP) is 5.54. The van der Waals surface area contributed by atoms with Gasteiger partial charge in [-0.2, -0.15) is 13.2 Å². The Morgan fingerprint density at radius 2 is 1.96 bits per heavy atom. The van der Waals surface area contributed by atoms with Crippen LogP contribution in [0.4, 0.5) is 28.9 Å². The Labute approximate surface area is 163 Å². The van der Waals surface area contributed by atoms with Crippen LogP contribution in [0.25, 0.3) is 0 Å². The molecule has 3 nitrogen and oxygen atoms in total. The molecule has 1 atom stereocenters. The number of nitrogens with zero attached hydrogens (tertiary/aromatic N) is 1. The first-order valence-electron chi connectivity index (χ1n) is 8.56. The lowest BCUT2D eigenvalue weighted by Gasteiger charge is -2.34. The number of benzene rings is 2. The number of rotatable bonds is 1. The molecule has 1 fully saturated rings. The van der Waals surface area contributed by atoms with Gasteiger partial charge in [0, 0.05) is 27.9 Å². The molecule has 0 bridgehead atoms. The third kappa shape index (κ3) is 3.52. The summed E-state index contributed by atoms with van der Waals surface area (Å²) in [7, 11) is 0. The summed E-state index contributed by atoms with van der Waals surface area (Å²) in [5.74, 6) is 4.31. The quantitative estimate of drug-likeness (QED) is 0.480. The molecule has 4 rings (SSSR count). The SMILES string of the molecule is Fc1cccc(NC2=NC(C#CC3CC3)(C(F)(F)F)c3cc(Cl)ccc3N2)c1. The Bertz CT molecular complexity index is 1020. The van der Waals surface area contributed by atoms with E-state index in [1.807, 2.05) is 0 Å². The van der Waals surface area contributed by atoms with Crippen LogP contribution in [0.3, 0.4) is 0 Å². The highest BCUT2D eigenvalue weighted by molar-refractivity contribution is 6.30. The summed E-state index contributed by atoms with van der Waals surface area (Å²) in [4.78, 5) is 3.91. The van der Waals surface area contributed by atoms with Crippen LogP contribution in [0.1, 0.15) is 18.4 Å². The third-order valence-electron chi connectivity index (χ3n) is 4.44. The van der Waals surface area contributed by atoms with E-state index >= 15 is 0 Å². The predicted molar refractivity (Wildman–Crippen MR) is 101 cm³/mol. The van der Waals surface area contributed by atoms with Crippen molar-refractivity contribution in [3.63, 3.8) is 0 Å². The van der Waals surface area contributed by atoms with E-state index in [2.05, 4.69) is 27.5 Å². The number of anilines is 2. The minimum Gasteiger partial charge on any atom is -0.326 e. The van der Waals surface area contributed by atoms with Crippen molar-refractivity contribution in [2.45, 2.75) is 24.6 Å². The number of hydrogen-bond donors (Lipinski definition) is 2. The number of aliphatic imine (C=N–C) groups is 1. The fourth-order valence-electron chi connectivity index (χ4n) is 2.89. The van der Waals surface area contributed by atoms with Crippen molar-refractivity contribution >= 4 is 28.9 Å². The van der Waals surface area contributed by atoms with Gasteiger partial charge in [0.15, 0.2) is 0 Å². The summed E-state index contributed by atoms with van der Waals surface area (Å²) in [5.41, 5.74) is -2.49. The first-order chi connectivity index (χ1) is 13.3. The monoisotopic (exact) mass is 407 g/mol. The minimum atomic E-state index is -4.79. The van der Waals surface area contributed by atoms with Gasteiger partial charge in [0.1, 0.15) is 5.82 Å². The molecule has 0 amide bonds. The average Bonchev–Trinajstić information content (AvgIpc) is 3.43. The maximum Gasteiger partial charge on any atom is 0.429 e. The van der Waals surface area contributed by atoms with E-state index in [0.29, 0.717) is 0 Å². The van der Waals surface area contributed by atoms with Crippen molar-refractivity contribution in [3.05, 3.63) is 58.9 Å². The van der Waals surface area contributed by atoms with Crippen LogP contribution in [-0.4, -0.2) is 12.1 Å². The number of hydrogen-bond acceptors (Lipinski definition) is 3. The van der Waals surface area contributed by atoms with Gasteiger partial charge in [0.2, 0.25) is 11.5 Å². The molecule has 2 aromatic carbocycles. The smallest absolute Gasteiger partial charge is 0.326 e. The molecule has 2 aliphatic rings. The lowest BCUT2D eigenvalue weighted by Crippen LogP contribution is -2.45. The molecule has 1 heterocycles. The van der Waals surface area contributed by atoms with Gasteiger partial charge in [0.25, 0.3) is 0 Å². The maximum absolute atomic E-state index is 14.3. The second-order valence-electron chi connectivity index (χ2n) is 6.66. The number of fused-ring (bicyclic) bond motifs is 1. The van der Waals surface area contributed by atoms with Crippen molar-refractivity contribution in [1.82, 2.24) is 0 Å². The molecule has 2 N–H and O–H groups in total. The highest BCUT2D eigenvalue weighted by Gasteiger charge is 2.58. The molecule has 0 spiro atoms. The molecule has 0 saturated heterocycles. The molecular weight excluding hydrogens is 394 g/mol. The van der Waals surface area contributed by atoms with Gasteiger partial charge in [-0.05, 0) is 49.2 Å². The molecule has 8 heteroatoms. The minimum absolute atomic E-state index is 0.0495. The second kappa shape index (κ2) is 6.71. The van der Waals surface area contributed by atoms with Gasteiger partial charge >= 0.3 is 6.18 Å². The van der Waals surface area contributed by atoms with Crippen LogP contribution < -0.4 is 10.6 Å². The first kappa shape index (κ1) is 18.6. The summed E-state index contributed by atoms with van der Waals surface area (Å²) >= 11 is 5.96. The van der Waals surface area contributed by atoms with E-state index in [9.17, 15) is 17.6 Å². The number of nitrogens with one attached hydrogen (secondary N) is 2. The molecular formula is C20H14ClF4N3. The molecule has 0 radical (unpaired) electrons. The van der Waals surface area contributed by atoms with Crippen molar-refractivity contribution in [2.24, 2.45) is 10.9 Å². The highest BCUT2D eigenvalue weighted by Crippen LogP contribution is 2.48. The Hall–Kier alpha value is -2.72. The lowest BCUT2D eigenvalue weighted by molar-refractivity contribution is -0.170. The first-order valence-corrected chi connectivity index (χ1v) is 8.93. The van der Waals surface area contributed by atoms with Crippen molar-refractivity contribution < 1.29 is 17.6 Å². The maximum atomic E-state index is 14.3. The topological polar surface area (TPSA) is 36.4 Å². The van der Waals surface area contributed by atoms with Gasteiger partial charge in [0.05, 0.1) is 0 Å². The van der Waals surface area contributed by atoms with Gasteiger partial charge < -0.3 is 10.6 Å². The fraction of sp³-hybridized carbons (Fsp3) is 0.250. The zero-order valence-electron chi connectivity index (χ0n) is 14.4. The molecule has 0 aromatic heterocycles. The average molecular weight is 408 g/mol. The molecule has 1 unspecified atom stereocenters. The van der Waals surface area contributed by atoms with Crippen LogP contribution in [0.15, 0.2) is 47.5 Å². The van der Waals surface area contributed by atoms with Crippen molar-refractivity contribution in [3.8, 4) is 11.8 Å². The summed E-state index contributed by atoms with van der Waals surface area (Å²) in [6, 6.07) is 9.51.